The molecule has 1 unspecified atom stereocenters. The second-order valence-corrected chi connectivity index (χ2v) is 5.44. The number of hydrogen-bond donors (Lipinski definition) is 2. The van der Waals surface area contributed by atoms with Crippen LogP contribution in [0.2, 0.25) is 0 Å². The van der Waals surface area contributed by atoms with Gasteiger partial charge in [0, 0.05) is 6.42 Å². The van der Waals surface area contributed by atoms with Crippen molar-refractivity contribution in [2.75, 3.05) is 13.2 Å². The summed E-state index contributed by atoms with van der Waals surface area (Å²) in [6.07, 6.45) is 14.3. The Morgan fingerprint density at radius 2 is 1.67 bits per heavy atom. The molecule has 0 aromatic heterocycles. The third kappa shape index (κ3) is 15.3. The Morgan fingerprint density at radius 1 is 1.05 bits per heavy atom. The molecule has 4 heteroatoms. The number of aliphatic hydroxyl groups excluding tert-OH is 2. The Labute approximate surface area is 129 Å². The van der Waals surface area contributed by atoms with Crippen LogP contribution in [0.4, 0.5) is 0 Å². The van der Waals surface area contributed by atoms with Gasteiger partial charge in [-0.3, -0.25) is 4.79 Å². The zero-order valence-corrected chi connectivity index (χ0v) is 13.4. The fourth-order valence-electron chi connectivity index (χ4n) is 1.93. The maximum absolute atomic E-state index is 11.3. The molecule has 0 rings (SSSR count). The van der Waals surface area contributed by atoms with Gasteiger partial charge >= 0.3 is 5.97 Å². The van der Waals surface area contributed by atoms with Gasteiger partial charge in [-0.25, -0.2) is 0 Å². The van der Waals surface area contributed by atoms with Gasteiger partial charge in [0.15, 0.2) is 0 Å². The highest BCUT2D eigenvalue weighted by Gasteiger charge is 2.07. The standard InChI is InChI=1S/C17H32O4/c1-2-3-4-5-6-7-8-9-10-11-12-13-17(20)21-15-16(19)14-18/h5-6,16,18-19H,2-4,7-15H2,1H3/b6-5-. The van der Waals surface area contributed by atoms with Crippen molar-refractivity contribution in [1.29, 1.82) is 0 Å². The SMILES string of the molecule is CCCC/C=C\CCCCCCCC(=O)OCC(O)CO. The molecule has 0 bridgehead atoms. The quantitative estimate of drug-likeness (QED) is 0.293. The number of carbonyl (C=O) groups is 1. The molecule has 0 amide bonds. The molecular formula is C17H32O4. The highest BCUT2D eigenvalue weighted by Crippen LogP contribution is 2.08. The molecule has 124 valence electrons. The molecule has 21 heavy (non-hydrogen) atoms. The first-order chi connectivity index (χ1) is 10.2. The Bertz CT molecular complexity index is 264. The summed E-state index contributed by atoms with van der Waals surface area (Å²) in [7, 11) is 0. The predicted molar refractivity (Wildman–Crippen MR) is 85.0 cm³/mol. The van der Waals surface area contributed by atoms with Gasteiger partial charge in [0.1, 0.15) is 12.7 Å². The Kier molecular flexibility index (Phi) is 14.9. The predicted octanol–water partition coefficient (Wildman–Crippen LogP) is 3.36. The summed E-state index contributed by atoms with van der Waals surface area (Å²) in [4.78, 5) is 11.3. The van der Waals surface area contributed by atoms with Gasteiger partial charge in [-0.2, -0.15) is 0 Å². The zero-order valence-electron chi connectivity index (χ0n) is 13.4. The fraction of sp³-hybridized carbons (Fsp3) is 0.824. The lowest BCUT2D eigenvalue weighted by Gasteiger charge is -2.08. The van der Waals surface area contributed by atoms with Crippen molar-refractivity contribution < 1.29 is 19.7 Å². The van der Waals surface area contributed by atoms with Gasteiger partial charge < -0.3 is 14.9 Å². The first-order valence-corrected chi connectivity index (χ1v) is 8.30. The lowest BCUT2D eigenvalue weighted by Crippen LogP contribution is -2.21. The topological polar surface area (TPSA) is 66.8 Å². The molecule has 1 atom stereocenters. The van der Waals surface area contributed by atoms with Crippen LogP contribution in [0.25, 0.3) is 0 Å². The van der Waals surface area contributed by atoms with E-state index in [0.29, 0.717) is 6.42 Å². The minimum atomic E-state index is -0.959. The number of aliphatic hydroxyl groups is 2. The molecule has 0 heterocycles. The summed E-state index contributed by atoms with van der Waals surface area (Å²) in [5.41, 5.74) is 0. The first kappa shape index (κ1) is 20.1. The number of esters is 1. The molecule has 4 nitrogen and oxygen atoms in total. The van der Waals surface area contributed by atoms with Crippen molar-refractivity contribution in [3.8, 4) is 0 Å². The number of ether oxygens (including phenoxy) is 1. The number of unbranched alkanes of at least 4 members (excludes halogenated alkanes) is 7. The van der Waals surface area contributed by atoms with Crippen molar-refractivity contribution in [3.63, 3.8) is 0 Å². The smallest absolute Gasteiger partial charge is 0.305 e. The van der Waals surface area contributed by atoms with E-state index in [9.17, 15) is 4.79 Å². The second kappa shape index (κ2) is 15.5. The Hall–Kier alpha value is -0.870. The van der Waals surface area contributed by atoms with Gasteiger partial charge in [-0.1, -0.05) is 51.2 Å². The summed E-state index contributed by atoms with van der Waals surface area (Å²) in [5, 5.41) is 17.6. The number of hydrogen-bond acceptors (Lipinski definition) is 4. The molecule has 0 saturated carbocycles. The largest absolute Gasteiger partial charge is 0.463 e. The van der Waals surface area contributed by atoms with E-state index < -0.39 is 6.10 Å². The molecule has 0 aliphatic heterocycles. The van der Waals surface area contributed by atoms with Crippen molar-refractivity contribution in [2.24, 2.45) is 0 Å². The molecule has 0 aromatic rings. The average Bonchev–Trinajstić information content (AvgIpc) is 2.50. The van der Waals surface area contributed by atoms with Crippen LogP contribution >= 0.6 is 0 Å². The van der Waals surface area contributed by atoms with E-state index in [2.05, 4.69) is 19.1 Å². The van der Waals surface area contributed by atoms with E-state index >= 15 is 0 Å². The third-order valence-electron chi connectivity index (χ3n) is 3.29. The van der Waals surface area contributed by atoms with E-state index in [0.717, 1.165) is 25.7 Å². The van der Waals surface area contributed by atoms with E-state index in [4.69, 9.17) is 14.9 Å². The van der Waals surface area contributed by atoms with Crippen molar-refractivity contribution >= 4 is 5.97 Å². The molecule has 0 fully saturated rings. The summed E-state index contributed by atoms with van der Waals surface area (Å²) in [5.74, 6) is -0.290. The minimum absolute atomic E-state index is 0.111. The molecule has 0 aromatic carbocycles. The van der Waals surface area contributed by atoms with Crippen LogP contribution in [0, 0.1) is 0 Å². The molecule has 0 radical (unpaired) electrons. The van der Waals surface area contributed by atoms with Gasteiger partial charge in [0.25, 0.3) is 0 Å². The maximum atomic E-state index is 11.3. The average molecular weight is 300 g/mol. The lowest BCUT2D eigenvalue weighted by molar-refractivity contribution is -0.147. The summed E-state index contributed by atoms with van der Waals surface area (Å²) in [6.45, 7) is 1.72. The normalized spacial score (nSPS) is 12.7. The van der Waals surface area contributed by atoms with Crippen LogP contribution in [0.3, 0.4) is 0 Å². The van der Waals surface area contributed by atoms with Crippen LogP contribution in [0.1, 0.15) is 71.1 Å². The van der Waals surface area contributed by atoms with Gasteiger partial charge in [-0.15, -0.1) is 0 Å². The molecular weight excluding hydrogens is 268 g/mol. The van der Waals surface area contributed by atoms with E-state index in [1.807, 2.05) is 0 Å². The zero-order chi connectivity index (χ0) is 15.8. The lowest BCUT2D eigenvalue weighted by atomic mass is 10.1. The molecule has 0 aliphatic rings. The van der Waals surface area contributed by atoms with E-state index in [1.165, 1.54) is 32.1 Å². The van der Waals surface area contributed by atoms with Crippen molar-refractivity contribution in [2.45, 2.75) is 77.2 Å². The molecule has 0 saturated heterocycles. The van der Waals surface area contributed by atoms with Gasteiger partial charge in [-0.05, 0) is 25.7 Å². The Morgan fingerprint density at radius 3 is 2.33 bits per heavy atom. The molecule has 2 N–H and O–H groups in total. The summed E-state index contributed by atoms with van der Waals surface area (Å²) < 4.78 is 4.83. The van der Waals surface area contributed by atoms with E-state index in [-0.39, 0.29) is 19.2 Å². The fourth-order valence-corrected chi connectivity index (χ4v) is 1.93. The monoisotopic (exact) mass is 300 g/mol. The number of allylic oxidation sites excluding steroid dienone is 2. The number of rotatable bonds is 14. The summed E-state index contributed by atoms with van der Waals surface area (Å²) >= 11 is 0. The minimum Gasteiger partial charge on any atom is -0.463 e. The van der Waals surface area contributed by atoms with Gasteiger partial charge in [0.2, 0.25) is 0 Å². The third-order valence-corrected chi connectivity index (χ3v) is 3.29. The van der Waals surface area contributed by atoms with Crippen molar-refractivity contribution in [1.82, 2.24) is 0 Å². The highest BCUT2D eigenvalue weighted by atomic mass is 16.5. The maximum Gasteiger partial charge on any atom is 0.305 e. The number of carbonyl (C=O) groups excluding carboxylic acids is 1. The highest BCUT2D eigenvalue weighted by molar-refractivity contribution is 5.69. The van der Waals surface area contributed by atoms with Gasteiger partial charge in [0.05, 0.1) is 6.61 Å². The van der Waals surface area contributed by atoms with Crippen LogP contribution < -0.4 is 0 Å². The van der Waals surface area contributed by atoms with E-state index in [1.54, 1.807) is 0 Å². The van der Waals surface area contributed by atoms with Crippen molar-refractivity contribution in [3.05, 3.63) is 12.2 Å². The van der Waals surface area contributed by atoms with Crippen LogP contribution in [0.15, 0.2) is 12.2 Å². The van der Waals surface area contributed by atoms with Crippen LogP contribution in [-0.2, 0) is 9.53 Å². The second-order valence-electron chi connectivity index (χ2n) is 5.44. The first-order valence-electron chi connectivity index (χ1n) is 8.30. The molecule has 0 spiro atoms. The van der Waals surface area contributed by atoms with Crippen LogP contribution in [-0.4, -0.2) is 35.5 Å². The molecule has 0 aliphatic carbocycles. The summed E-state index contributed by atoms with van der Waals surface area (Å²) in [6, 6.07) is 0. The Balaban J connectivity index is 3.24. The van der Waals surface area contributed by atoms with Crippen LogP contribution in [0.5, 0.6) is 0 Å².